The summed E-state index contributed by atoms with van der Waals surface area (Å²) in [6.45, 7) is 1.31. The molecule has 0 aliphatic rings. The molecule has 0 aromatic heterocycles. The lowest BCUT2D eigenvalue weighted by Crippen LogP contribution is -2.39. The molecule has 0 heterocycles. The highest BCUT2D eigenvalue weighted by Gasteiger charge is 2.31. The fourth-order valence-electron chi connectivity index (χ4n) is 3.18. The Labute approximate surface area is 190 Å². The number of carbonyl (C=O) groups is 1. The van der Waals surface area contributed by atoms with E-state index in [0.29, 0.717) is 6.42 Å². The standard InChI is InChI=1S/C24H23F3N2O3S/c1-18-10-12-22(13-11-18)33(31,32)29(15-14-19-6-3-2-4-7-19)17-23(30)28-21-9-5-8-20(16-21)24(25,26)27/h2-13,16H,14-15,17H2,1H3,(H,28,30). The molecule has 33 heavy (non-hydrogen) atoms. The third kappa shape index (κ3) is 6.66. The molecule has 3 aromatic rings. The molecule has 0 spiro atoms. The first kappa shape index (κ1) is 24.5. The summed E-state index contributed by atoms with van der Waals surface area (Å²) in [6, 6.07) is 19.6. The number of sulfonamides is 1. The molecule has 3 aromatic carbocycles. The van der Waals surface area contributed by atoms with E-state index in [4.69, 9.17) is 0 Å². The quantitative estimate of drug-likeness (QED) is 0.504. The second-order valence-corrected chi connectivity index (χ2v) is 9.45. The van der Waals surface area contributed by atoms with Crippen LogP contribution in [0.1, 0.15) is 16.7 Å². The van der Waals surface area contributed by atoms with Gasteiger partial charge < -0.3 is 5.32 Å². The van der Waals surface area contributed by atoms with Gasteiger partial charge in [0.05, 0.1) is 17.0 Å². The van der Waals surface area contributed by atoms with Crippen LogP contribution in [0.15, 0.2) is 83.8 Å². The van der Waals surface area contributed by atoms with Gasteiger partial charge in [0.2, 0.25) is 15.9 Å². The Balaban J connectivity index is 1.81. The first-order valence-electron chi connectivity index (χ1n) is 10.1. The smallest absolute Gasteiger partial charge is 0.325 e. The zero-order valence-electron chi connectivity index (χ0n) is 17.8. The molecule has 0 bridgehead atoms. The first-order chi connectivity index (χ1) is 15.6. The third-order valence-electron chi connectivity index (χ3n) is 4.95. The molecule has 0 radical (unpaired) electrons. The Morgan fingerprint density at radius 2 is 1.61 bits per heavy atom. The molecular weight excluding hydrogens is 453 g/mol. The summed E-state index contributed by atoms with van der Waals surface area (Å²) in [6.07, 6.45) is -4.19. The number of hydrogen-bond donors (Lipinski definition) is 1. The Kier molecular flexibility index (Phi) is 7.55. The number of benzene rings is 3. The molecule has 0 unspecified atom stereocenters. The number of amides is 1. The minimum absolute atomic E-state index is 0.0240. The van der Waals surface area contributed by atoms with Crippen LogP contribution in [0.4, 0.5) is 18.9 Å². The Morgan fingerprint density at radius 3 is 2.24 bits per heavy atom. The second kappa shape index (κ2) is 10.2. The largest absolute Gasteiger partial charge is 0.416 e. The number of anilines is 1. The van der Waals surface area contributed by atoms with Crippen molar-refractivity contribution in [2.75, 3.05) is 18.4 Å². The van der Waals surface area contributed by atoms with Crippen molar-refractivity contribution in [3.05, 3.63) is 95.6 Å². The summed E-state index contributed by atoms with van der Waals surface area (Å²) in [5.74, 6) is -0.738. The van der Waals surface area contributed by atoms with E-state index in [1.165, 1.54) is 24.3 Å². The van der Waals surface area contributed by atoms with Crippen LogP contribution in [-0.4, -0.2) is 31.7 Å². The zero-order valence-corrected chi connectivity index (χ0v) is 18.7. The Morgan fingerprint density at radius 1 is 0.939 bits per heavy atom. The van der Waals surface area contributed by atoms with Gasteiger partial charge in [0, 0.05) is 12.2 Å². The van der Waals surface area contributed by atoms with Crippen LogP contribution in [-0.2, 0) is 27.4 Å². The van der Waals surface area contributed by atoms with Gasteiger partial charge in [0.25, 0.3) is 0 Å². The van der Waals surface area contributed by atoms with Gasteiger partial charge in [-0.25, -0.2) is 8.42 Å². The summed E-state index contributed by atoms with van der Waals surface area (Å²) in [4.78, 5) is 12.7. The Bertz CT molecular complexity index is 1200. The molecule has 0 aliphatic heterocycles. The van der Waals surface area contributed by atoms with Crippen LogP contribution in [0.5, 0.6) is 0 Å². The van der Waals surface area contributed by atoms with Crippen molar-refractivity contribution < 1.29 is 26.4 Å². The molecule has 0 fully saturated rings. The number of nitrogens with zero attached hydrogens (tertiary/aromatic N) is 1. The average Bonchev–Trinajstić information content (AvgIpc) is 2.77. The van der Waals surface area contributed by atoms with Gasteiger partial charge in [-0.1, -0.05) is 54.1 Å². The lowest BCUT2D eigenvalue weighted by molar-refractivity contribution is -0.137. The monoisotopic (exact) mass is 476 g/mol. The van der Waals surface area contributed by atoms with Gasteiger partial charge in [-0.2, -0.15) is 17.5 Å². The molecule has 5 nitrogen and oxygen atoms in total. The topological polar surface area (TPSA) is 66.5 Å². The molecule has 0 atom stereocenters. The van der Waals surface area contributed by atoms with Crippen LogP contribution in [0.3, 0.4) is 0 Å². The van der Waals surface area contributed by atoms with E-state index in [2.05, 4.69) is 5.32 Å². The number of nitrogens with one attached hydrogen (secondary N) is 1. The van der Waals surface area contributed by atoms with Crippen molar-refractivity contribution >= 4 is 21.6 Å². The lowest BCUT2D eigenvalue weighted by atomic mass is 10.1. The van der Waals surface area contributed by atoms with Crippen LogP contribution in [0.2, 0.25) is 0 Å². The molecule has 1 N–H and O–H groups in total. The summed E-state index contributed by atoms with van der Waals surface area (Å²) in [7, 11) is -4.01. The zero-order chi connectivity index (χ0) is 24.1. The minimum Gasteiger partial charge on any atom is -0.325 e. The highest BCUT2D eigenvalue weighted by atomic mass is 32.2. The van der Waals surface area contributed by atoms with E-state index in [0.717, 1.165) is 27.6 Å². The average molecular weight is 477 g/mol. The molecule has 0 saturated heterocycles. The molecule has 174 valence electrons. The maximum absolute atomic E-state index is 13.2. The molecule has 0 saturated carbocycles. The maximum Gasteiger partial charge on any atom is 0.416 e. The van der Waals surface area contributed by atoms with Crippen LogP contribution < -0.4 is 5.32 Å². The van der Waals surface area contributed by atoms with Crippen molar-refractivity contribution in [2.24, 2.45) is 0 Å². The van der Waals surface area contributed by atoms with Crippen molar-refractivity contribution in [1.29, 1.82) is 0 Å². The van der Waals surface area contributed by atoms with Crippen molar-refractivity contribution in [1.82, 2.24) is 4.31 Å². The predicted octanol–water partition coefficient (Wildman–Crippen LogP) is 4.89. The first-order valence-corrected chi connectivity index (χ1v) is 11.6. The van der Waals surface area contributed by atoms with Crippen molar-refractivity contribution in [2.45, 2.75) is 24.4 Å². The predicted molar refractivity (Wildman–Crippen MR) is 120 cm³/mol. The van der Waals surface area contributed by atoms with E-state index in [9.17, 15) is 26.4 Å². The number of hydrogen-bond acceptors (Lipinski definition) is 3. The Hall–Kier alpha value is -3.17. The lowest BCUT2D eigenvalue weighted by Gasteiger charge is -2.22. The summed E-state index contributed by atoms with van der Waals surface area (Å²) >= 11 is 0. The highest BCUT2D eigenvalue weighted by molar-refractivity contribution is 7.89. The van der Waals surface area contributed by atoms with Gasteiger partial charge in [-0.15, -0.1) is 0 Å². The fourth-order valence-corrected chi connectivity index (χ4v) is 4.57. The van der Waals surface area contributed by atoms with E-state index in [1.54, 1.807) is 12.1 Å². The number of carbonyl (C=O) groups excluding carboxylic acids is 1. The van der Waals surface area contributed by atoms with Crippen LogP contribution >= 0.6 is 0 Å². The van der Waals surface area contributed by atoms with Gasteiger partial charge in [-0.05, 0) is 49.2 Å². The number of alkyl halides is 3. The number of rotatable bonds is 8. The van der Waals surface area contributed by atoms with Crippen molar-refractivity contribution in [3.8, 4) is 0 Å². The normalized spacial score (nSPS) is 12.0. The maximum atomic E-state index is 13.2. The SMILES string of the molecule is Cc1ccc(S(=O)(=O)N(CCc2ccccc2)CC(=O)Nc2cccc(C(F)(F)F)c2)cc1. The van der Waals surface area contributed by atoms with Gasteiger partial charge in [-0.3, -0.25) is 4.79 Å². The number of aryl methyl sites for hydroxylation is 1. The van der Waals surface area contributed by atoms with E-state index in [1.807, 2.05) is 37.3 Å². The summed E-state index contributed by atoms with van der Waals surface area (Å²) in [5.41, 5.74) is 0.797. The van der Waals surface area contributed by atoms with E-state index >= 15 is 0 Å². The summed E-state index contributed by atoms with van der Waals surface area (Å²) in [5, 5.41) is 2.37. The van der Waals surface area contributed by atoms with Crippen LogP contribution in [0.25, 0.3) is 0 Å². The van der Waals surface area contributed by atoms with Gasteiger partial charge in [0.15, 0.2) is 0 Å². The summed E-state index contributed by atoms with van der Waals surface area (Å²) < 4.78 is 66.4. The molecule has 1 amide bonds. The third-order valence-corrected chi connectivity index (χ3v) is 6.80. The van der Waals surface area contributed by atoms with Gasteiger partial charge >= 0.3 is 6.18 Å². The molecular formula is C24H23F3N2O3S. The van der Waals surface area contributed by atoms with Gasteiger partial charge in [0.1, 0.15) is 0 Å². The number of halogens is 3. The highest BCUT2D eigenvalue weighted by Crippen LogP contribution is 2.30. The minimum atomic E-state index is -4.56. The molecule has 9 heteroatoms. The van der Waals surface area contributed by atoms with E-state index < -0.39 is 34.2 Å². The van der Waals surface area contributed by atoms with E-state index in [-0.39, 0.29) is 17.1 Å². The fraction of sp³-hybridized carbons (Fsp3) is 0.208. The second-order valence-electron chi connectivity index (χ2n) is 7.51. The molecule has 0 aliphatic carbocycles. The van der Waals surface area contributed by atoms with Crippen LogP contribution in [0, 0.1) is 6.92 Å². The molecule has 3 rings (SSSR count). The van der Waals surface area contributed by atoms with Crippen molar-refractivity contribution in [3.63, 3.8) is 0 Å².